The van der Waals surface area contributed by atoms with Gasteiger partial charge in [0, 0.05) is 37.0 Å². The highest BCUT2D eigenvalue weighted by Crippen LogP contribution is 2.22. The first-order valence-corrected chi connectivity index (χ1v) is 13.0. The van der Waals surface area contributed by atoms with Crippen molar-refractivity contribution in [3.8, 4) is 5.75 Å². The number of nitrogens with one attached hydrogen (secondary N) is 2. The number of carbonyl (C=O) groups is 2. The van der Waals surface area contributed by atoms with E-state index in [2.05, 4.69) is 23.9 Å². The molecular formula is C25H33N3O5S. The summed E-state index contributed by atoms with van der Waals surface area (Å²) in [5.41, 5.74) is 0.797. The van der Waals surface area contributed by atoms with Crippen molar-refractivity contribution in [2.75, 3.05) is 31.5 Å². The van der Waals surface area contributed by atoms with Crippen LogP contribution in [0.4, 0.5) is 5.69 Å². The molecule has 2 aromatic rings. The number of hydrogen-bond donors (Lipinski definition) is 2. The second-order valence-electron chi connectivity index (χ2n) is 8.93. The Bertz CT molecular complexity index is 1100. The third-order valence-corrected chi connectivity index (χ3v) is 7.21. The molecule has 0 bridgehead atoms. The molecule has 2 aromatic carbocycles. The molecule has 184 valence electrons. The fraction of sp³-hybridized carbons (Fsp3) is 0.440. The van der Waals surface area contributed by atoms with Gasteiger partial charge in [0.25, 0.3) is 15.9 Å². The number of rotatable bonds is 9. The Morgan fingerprint density at radius 2 is 1.88 bits per heavy atom. The van der Waals surface area contributed by atoms with Crippen molar-refractivity contribution in [1.82, 2.24) is 10.2 Å². The van der Waals surface area contributed by atoms with Gasteiger partial charge in [-0.15, -0.1) is 0 Å². The van der Waals surface area contributed by atoms with Gasteiger partial charge in [0.2, 0.25) is 5.91 Å². The van der Waals surface area contributed by atoms with Crippen molar-refractivity contribution in [2.24, 2.45) is 11.8 Å². The topological polar surface area (TPSA) is 105 Å². The lowest BCUT2D eigenvalue weighted by molar-refractivity contribution is -0.126. The normalized spacial score (nSPS) is 16.2. The SMILES string of the molecule is COc1cccc(S(=O)(=O)Nc2ccc(C(=O)N3CCC[C@H](C(=O)NCCC(C)C)C3)cc2)c1. The van der Waals surface area contributed by atoms with Crippen LogP contribution >= 0.6 is 0 Å². The molecular weight excluding hydrogens is 454 g/mol. The number of nitrogens with zero attached hydrogens (tertiary/aromatic N) is 1. The van der Waals surface area contributed by atoms with E-state index in [1.165, 1.54) is 19.2 Å². The number of sulfonamides is 1. The fourth-order valence-corrected chi connectivity index (χ4v) is 4.94. The van der Waals surface area contributed by atoms with Gasteiger partial charge in [-0.05, 0) is 61.6 Å². The number of amides is 2. The van der Waals surface area contributed by atoms with E-state index in [-0.39, 0.29) is 22.6 Å². The van der Waals surface area contributed by atoms with Gasteiger partial charge in [0.15, 0.2) is 0 Å². The highest BCUT2D eigenvalue weighted by molar-refractivity contribution is 7.92. The van der Waals surface area contributed by atoms with E-state index in [1.54, 1.807) is 41.3 Å². The first-order chi connectivity index (χ1) is 16.2. The third-order valence-electron chi connectivity index (χ3n) is 5.84. The average molecular weight is 488 g/mol. The van der Waals surface area contributed by atoms with E-state index in [9.17, 15) is 18.0 Å². The lowest BCUT2D eigenvalue weighted by Crippen LogP contribution is -2.45. The summed E-state index contributed by atoms with van der Waals surface area (Å²) >= 11 is 0. The summed E-state index contributed by atoms with van der Waals surface area (Å²) in [4.78, 5) is 27.3. The average Bonchev–Trinajstić information content (AvgIpc) is 2.83. The number of benzene rings is 2. The molecule has 34 heavy (non-hydrogen) atoms. The zero-order valence-electron chi connectivity index (χ0n) is 19.9. The Balaban J connectivity index is 1.61. The van der Waals surface area contributed by atoms with E-state index < -0.39 is 10.0 Å². The lowest BCUT2D eigenvalue weighted by Gasteiger charge is -2.32. The minimum atomic E-state index is -3.80. The molecule has 3 rings (SSSR count). The van der Waals surface area contributed by atoms with Crippen LogP contribution in [-0.4, -0.2) is 51.9 Å². The Hall–Kier alpha value is -3.07. The van der Waals surface area contributed by atoms with Gasteiger partial charge in [-0.1, -0.05) is 19.9 Å². The van der Waals surface area contributed by atoms with E-state index >= 15 is 0 Å². The van der Waals surface area contributed by atoms with E-state index in [0.717, 1.165) is 19.3 Å². The van der Waals surface area contributed by atoms with Crippen LogP contribution in [0.5, 0.6) is 5.75 Å². The van der Waals surface area contributed by atoms with Crippen LogP contribution < -0.4 is 14.8 Å². The molecule has 0 aliphatic carbocycles. The van der Waals surface area contributed by atoms with E-state index in [4.69, 9.17) is 4.74 Å². The summed E-state index contributed by atoms with van der Waals surface area (Å²) in [5, 5.41) is 2.98. The highest BCUT2D eigenvalue weighted by atomic mass is 32.2. The molecule has 0 unspecified atom stereocenters. The summed E-state index contributed by atoms with van der Waals surface area (Å²) < 4.78 is 32.9. The van der Waals surface area contributed by atoms with Crippen molar-refractivity contribution >= 4 is 27.5 Å². The maximum absolute atomic E-state index is 13.0. The minimum absolute atomic E-state index is 0.000414. The zero-order valence-corrected chi connectivity index (χ0v) is 20.7. The third kappa shape index (κ3) is 6.72. The second kappa shape index (κ2) is 11.4. The molecule has 0 radical (unpaired) electrons. The monoisotopic (exact) mass is 487 g/mol. The number of methoxy groups -OCH3 is 1. The number of anilines is 1. The summed E-state index contributed by atoms with van der Waals surface area (Å²) in [6.45, 7) is 5.86. The minimum Gasteiger partial charge on any atom is -0.497 e. The number of likely N-dealkylation sites (tertiary alicyclic amines) is 1. The van der Waals surface area contributed by atoms with E-state index in [1.807, 2.05) is 0 Å². The van der Waals surface area contributed by atoms with Gasteiger partial charge in [0.05, 0.1) is 17.9 Å². The van der Waals surface area contributed by atoms with Gasteiger partial charge in [-0.3, -0.25) is 14.3 Å². The molecule has 1 saturated heterocycles. The Kier molecular flexibility index (Phi) is 8.55. The molecule has 2 N–H and O–H groups in total. The Morgan fingerprint density at radius 3 is 2.56 bits per heavy atom. The van der Waals surface area contributed by atoms with Crippen LogP contribution in [0, 0.1) is 11.8 Å². The lowest BCUT2D eigenvalue weighted by atomic mass is 9.96. The standard InChI is InChI=1S/C25H33N3O5S/c1-18(2)13-14-26-24(29)20-6-5-15-28(17-20)25(30)19-9-11-21(12-10-19)27-34(31,32)23-8-4-7-22(16-23)33-3/h4,7-12,16,18,20,27H,5-6,13-15,17H2,1-3H3,(H,26,29)/t20-/m0/s1. The van der Waals surface area contributed by atoms with Crippen molar-refractivity contribution < 1.29 is 22.7 Å². The molecule has 1 fully saturated rings. The van der Waals surface area contributed by atoms with Gasteiger partial charge in [-0.25, -0.2) is 8.42 Å². The van der Waals surface area contributed by atoms with Crippen LogP contribution in [0.3, 0.4) is 0 Å². The highest BCUT2D eigenvalue weighted by Gasteiger charge is 2.29. The molecule has 1 aliphatic rings. The number of carbonyl (C=O) groups excluding carboxylic acids is 2. The summed E-state index contributed by atoms with van der Waals surface area (Å²) in [7, 11) is -2.33. The van der Waals surface area contributed by atoms with Crippen LogP contribution in [-0.2, 0) is 14.8 Å². The first kappa shape index (κ1) is 25.6. The summed E-state index contributed by atoms with van der Waals surface area (Å²) in [5.74, 6) is 0.589. The fourth-order valence-electron chi connectivity index (χ4n) is 3.85. The van der Waals surface area contributed by atoms with Crippen molar-refractivity contribution in [1.29, 1.82) is 0 Å². The molecule has 0 aromatic heterocycles. The number of ether oxygens (including phenoxy) is 1. The smallest absolute Gasteiger partial charge is 0.262 e. The quantitative estimate of drug-likeness (QED) is 0.563. The molecule has 0 spiro atoms. The van der Waals surface area contributed by atoms with Crippen LogP contribution in [0.25, 0.3) is 0 Å². The maximum atomic E-state index is 13.0. The predicted molar refractivity (Wildman–Crippen MR) is 131 cm³/mol. The summed E-state index contributed by atoms with van der Waals surface area (Å²) in [6.07, 6.45) is 2.46. The molecule has 1 aliphatic heterocycles. The largest absolute Gasteiger partial charge is 0.497 e. The number of hydrogen-bond acceptors (Lipinski definition) is 5. The Morgan fingerprint density at radius 1 is 1.15 bits per heavy atom. The van der Waals surface area contributed by atoms with Crippen molar-refractivity contribution in [3.63, 3.8) is 0 Å². The Labute approximate surface area is 201 Å². The van der Waals surface area contributed by atoms with Gasteiger partial charge in [-0.2, -0.15) is 0 Å². The van der Waals surface area contributed by atoms with E-state index in [0.29, 0.717) is 42.6 Å². The summed E-state index contributed by atoms with van der Waals surface area (Å²) in [6, 6.07) is 12.5. The predicted octanol–water partition coefficient (Wildman–Crippen LogP) is 3.51. The van der Waals surface area contributed by atoms with Crippen LogP contribution in [0.15, 0.2) is 53.4 Å². The molecule has 1 heterocycles. The van der Waals surface area contributed by atoms with Gasteiger partial charge in [0.1, 0.15) is 5.75 Å². The van der Waals surface area contributed by atoms with Crippen LogP contribution in [0.1, 0.15) is 43.5 Å². The van der Waals surface area contributed by atoms with Gasteiger partial charge < -0.3 is 15.0 Å². The van der Waals surface area contributed by atoms with Crippen molar-refractivity contribution in [2.45, 2.75) is 38.0 Å². The van der Waals surface area contributed by atoms with Crippen LogP contribution in [0.2, 0.25) is 0 Å². The molecule has 2 amide bonds. The second-order valence-corrected chi connectivity index (χ2v) is 10.6. The molecule has 9 heteroatoms. The number of piperidine rings is 1. The van der Waals surface area contributed by atoms with Crippen molar-refractivity contribution in [3.05, 3.63) is 54.1 Å². The molecule has 0 saturated carbocycles. The zero-order chi connectivity index (χ0) is 24.7. The first-order valence-electron chi connectivity index (χ1n) is 11.5. The molecule has 1 atom stereocenters. The molecule has 8 nitrogen and oxygen atoms in total. The van der Waals surface area contributed by atoms with Gasteiger partial charge >= 0.3 is 0 Å². The maximum Gasteiger partial charge on any atom is 0.262 e.